The van der Waals surface area contributed by atoms with Gasteiger partial charge >= 0.3 is 0 Å². The molecule has 0 spiro atoms. The molecule has 2 aromatic rings. The van der Waals surface area contributed by atoms with Crippen molar-refractivity contribution in [3.63, 3.8) is 0 Å². The number of guanidine groups is 1. The topological polar surface area (TPSA) is 87.6 Å². The van der Waals surface area contributed by atoms with Gasteiger partial charge in [-0.05, 0) is 43.2 Å². The van der Waals surface area contributed by atoms with Crippen LogP contribution in [0.4, 0.5) is 0 Å². The van der Waals surface area contributed by atoms with Gasteiger partial charge in [0.1, 0.15) is 0 Å². The molecule has 0 saturated heterocycles. The lowest BCUT2D eigenvalue weighted by Gasteiger charge is -2.12. The molecule has 9 heteroatoms. The SMILES string of the molecule is CCNC(=NCc1ccc(S(C)(=O)=O)c(C)c1)NCCS(=O)c1ccccc1.I. The van der Waals surface area contributed by atoms with Gasteiger partial charge in [-0.15, -0.1) is 24.0 Å². The molecule has 29 heavy (non-hydrogen) atoms. The van der Waals surface area contributed by atoms with E-state index in [0.717, 1.165) is 10.5 Å². The van der Waals surface area contributed by atoms with E-state index in [1.807, 2.05) is 43.3 Å². The molecule has 160 valence electrons. The van der Waals surface area contributed by atoms with E-state index in [-0.39, 0.29) is 24.0 Å². The Morgan fingerprint density at radius 2 is 1.79 bits per heavy atom. The van der Waals surface area contributed by atoms with Crippen LogP contribution in [0.25, 0.3) is 0 Å². The van der Waals surface area contributed by atoms with Crippen molar-refractivity contribution >= 4 is 50.6 Å². The number of hydrogen-bond donors (Lipinski definition) is 2. The minimum atomic E-state index is -3.22. The van der Waals surface area contributed by atoms with E-state index in [1.165, 1.54) is 6.26 Å². The molecule has 2 N–H and O–H groups in total. The lowest BCUT2D eigenvalue weighted by Crippen LogP contribution is -2.39. The molecule has 1 atom stereocenters. The summed E-state index contributed by atoms with van der Waals surface area (Å²) >= 11 is 0. The predicted octanol–water partition coefficient (Wildman–Crippen LogP) is 2.88. The Balaban J connectivity index is 0.00000420. The third kappa shape index (κ3) is 8.43. The van der Waals surface area contributed by atoms with Crippen LogP contribution in [-0.4, -0.2) is 43.7 Å². The molecule has 0 heterocycles. The average Bonchev–Trinajstić information content (AvgIpc) is 2.65. The van der Waals surface area contributed by atoms with E-state index in [4.69, 9.17) is 0 Å². The van der Waals surface area contributed by atoms with Crippen LogP contribution in [-0.2, 0) is 27.2 Å². The van der Waals surface area contributed by atoms with Crippen molar-refractivity contribution < 1.29 is 12.6 Å². The number of nitrogens with zero attached hydrogens (tertiary/aromatic N) is 1. The van der Waals surface area contributed by atoms with Crippen LogP contribution in [0.15, 0.2) is 63.3 Å². The average molecular weight is 550 g/mol. The Kier molecular flexibility index (Phi) is 10.8. The number of sulfone groups is 1. The van der Waals surface area contributed by atoms with Crippen LogP contribution in [0, 0.1) is 6.92 Å². The fraction of sp³-hybridized carbons (Fsp3) is 0.350. The smallest absolute Gasteiger partial charge is 0.191 e. The monoisotopic (exact) mass is 549 g/mol. The Morgan fingerprint density at radius 1 is 1.10 bits per heavy atom. The highest BCUT2D eigenvalue weighted by Gasteiger charge is 2.11. The number of halogens is 1. The molecule has 0 saturated carbocycles. The van der Waals surface area contributed by atoms with E-state index in [2.05, 4.69) is 15.6 Å². The highest BCUT2D eigenvalue weighted by Crippen LogP contribution is 2.17. The van der Waals surface area contributed by atoms with Gasteiger partial charge in [-0.1, -0.05) is 30.3 Å². The zero-order chi connectivity index (χ0) is 20.6. The number of benzene rings is 2. The van der Waals surface area contributed by atoms with Crippen LogP contribution < -0.4 is 10.6 Å². The molecule has 0 aromatic heterocycles. The zero-order valence-corrected chi connectivity index (χ0v) is 20.8. The predicted molar refractivity (Wildman–Crippen MR) is 130 cm³/mol. The summed E-state index contributed by atoms with van der Waals surface area (Å²) in [7, 11) is -4.28. The molecule has 0 aliphatic carbocycles. The summed E-state index contributed by atoms with van der Waals surface area (Å²) in [6.45, 7) is 5.41. The summed E-state index contributed by atoms with van der Waals surface area (Å²) in [5.74, 6) is 1.12. The fourth-order valence-corrected chi connectivity index (χ4v) is 4.63. The van der Waals surface area contributed by atoms with Crippen molar-refractivity contribution in [3.05, 3.63) is 59.7 Å². The molecule has 2 rings (SSSR count). The van der Waals surface area contributed by atoms with Gasteiger partial charge < -0.3 is 10.6 Å². The van der Waals surface area contributed by atoms with Crippen molar-refractivity contribution in [2.24, 2.45) is 4.99 Å². The molecule has 0 radical (unpaired) electrons. The summed E-state index contributed by atoms with van der Waals surface area (Å²) < 4.78 is 35.7. The van der Waals surface area contributed by atoms with E-state index >= 15 is 0 Å². The van der Waals surface area contributed by atoms with Crippen molar-refractivity contribution in [2.45, 2.75) is 30.2 Å². The van der Waals surface area contributed by atoms with Crippen molar-refractivity contribution in [3.8, 4) is 0 Å². The van der Waals surface area contributed by atoms with E-state index in [9.17, 15) is 12.6 Å². The van der Waals surface area contributed by atoms with Crippen molar-refractivity contribution in [1.29, 1.82) is 0 Å². The quantitative estimate of drug-likeness (QED) is 0.301. The van der Waals surface area contributed by atoms with Gasteiger partial charge in [0.25, 0.3) is 0 Å². The first-order valence-corrected chi connectivity index (χ1v) is 12.3. The van der Waals surface area contributed by atoms with E-state index < -0.39 is 20.6 Å². The minimum Gasteiger partial charge on any atom is -0.357 e. The third-order valence-electron chi connectivity index (χ3n) is 3.99. The first kappa shape index (κ1) is 25.6. The largest absolute Gasteiger partial charge is 0.357 e. The van der Waals surface area contributed by atoms with Gasteiger partial charge in [-0.3, -0.25) is 4.21 Å². The van der Waals surface area contributed by atoms with Gasteiger partial charge in [0.2, 0.25) is 0 Å². The van der Waals surface area contributed by atoms with Crippen LogP contribution in [0.2, 0.25) is 0 Å². The second kappa shape index (κ2) is 12.3. The first-order valence-electron chi connectivity index (χ1n) is 9.06. The summed E-state index contributed by atoms with van der Waals surface area (Å²) in [5.41, 5.74) is 1.64. The number of nitrogens with one attached hydrogen (secondary N) is 2. The van der Waals surface area contributed by atoms with E-state index in [1.54, 1.807) is 19.1 Å². The molecule has 2 aromatic carbocycles. The number of aryl methyl sites for hydroxylation is 1. The lowest BCUT2D eigenvalue weighted by molar-refractivity contribution is 0.601. The van der Waals surface area contributed by atoms with Crippen LogP contribution in [0.3, 0.4) is 0 Å². The van der Waals surface area contributed by atoms with Crippen molar-refractivity contribution in [2.75, 3.05) is 25.1 Å². The second-order valence-corrected chi connectivity index (χ2v) is 9.91. The van der Waals surface area contributed by atoms with Gasteiger partial charge in [0, 0.05) is 30.0 Å². The minimum absolute atomic E-state index is 0. The number of aliphatic imine (C=N–C) groups is 1. The normalized spacial score (nSPS) is 12.7. The number of rotatable bonds is 8. The van der Waals surface area contributed by atoms with Crippen LogP contribution in [0.1, 0.15) is 18.1 Å². The molecular formula is C20H28IN3O3S2. The van der Waals surface area contributed by atoms with Crippen LogP contribution >= 0.6 is 24.0 Å². The maximum absolute atomic E-state index is 12.3. The maximum atomic E-state index is 12.3. The molecular weight excluding hydrogens is 521 g/mol. The summed E-state index contributed by atoms with van der Waals surface area (Å²) in [6, 6.07) is 14.6. The van der Waals surface area contributed by atoms with Crippen LogP contribution in [0.5, 0.6) is 0 Å². The number of hydrogen-bond acceptors (Lipinski definition) is 4. The van der Waals surface area contributed by atoms with E-state index in [0.29, 0.717) is 41.8 Å². The second-order valence-electron chi connectivity index (χ2n) is 6.36. The summed E-state index contributed by atoms with van der Waals surface area (Å²) in [6.07, 6.45) is 1.21. The molecule has 0 aliphatic heterocycles. The summed E-state index contributed by atoms with van der Waals surface area (Å²) in [4.78, 5) is 5.69. The summed E-state index contributed by atoms with van der Waals surface area (Å²) in [5, 5.41) is 6.35. The Bertz CT molecular complexity index is 949. The molecule has 0 aliphatic rings. The molecule has 6 nitrogen and oxygen atoms in total. The Hall–Kier alpha value is -1.46. The highest BCUT2D eigenvalue weighted by atomic mass is 127. The third-order valence-corrected chi connectivity index (χ3v) is 6.62. The molecule has 1 unspecified atom stereocenters. The molecule has 0 fully saturated rings. The molecule has 0 amide bonds. The van der Waals surface area contributed by atoms with Gasteiger partial charge in [-0.2, -0.15) is 0 Å². The molecule has 0 bridgehead atoms. The standard InChI is InChI=1S/C20H27N3O3S2.HI/c1-4-21-20(22-12-13-27(24)18-8-6-5-7-9-18)23-15-17-10-11-19(16(2)14-17)28(3,25)26;/h5-11,14H,4,12-13,15H2,1-3H3,(H2,21,22,23);1H. The van der Waals surface area contributed by atoms with Crippen molar-refractivity contribution in [1.82, 2.24) is 10.6 Å². The fourth-order valence-electron chi connectivity index (χ4n) is 2.69. The van der Waals surface area contributed by atoms with Gasteiger partial charge in [0.15, 0.2) is 15.8 Å². The zero-order valence-electron chi connectivity index (χ0n) is 16.8. The van der Waals surface area contributed by atoms with Gasteiger partial charge in [-0.25, -0.2) is 13.4 Å². The van der Waals surface area contributed by atoms with Gasteiger partial charge in [0.05, 0.1) is 22.2 Å². The Labute approximate surface area is 193 Å². The highest BCUT2D eigenvalue weighted by molar-refractivity contribution is 14.0. The lowest BCUT2D eigenvalue weighted by atomic mass is 10.1. The first-order chi connectivity index (χ1) is 13.3. The maximum Gasteiger partial charge on any atom is 0.191 e. The Morgan fingerprint density at radius 3 is 2.38 bits per heavy atom.